The van der Waals surface area contributed by atoms with E-state index in [4.69, 9.17) is 0 Å². The largest absolute Gasteiger partial charge is 0.416 e. The number of carbonyl (C=O) groups excluding carboxylic acids is 1. The van der Waals surface area contributed by atoms with Crippen LogP contribution < -0.4 is 10.9 Å². The van der Waals surface area contributed by atoms with Gasteiger partial charge >= 0.3 is 6.18 Å². The number of anilines is 1. The molecule has 1 aromatic carbocycles. The minimum Gasteiger partial charge on any atom is -0.323 e. The Morgan fingerprint density at radius 2 is 2.00 bits per heavy atom. The maximum absolute atomic E-state index is 13.2. The van der Waals surface area contributed by atoms with Crippen LogP contribution in [0.25, 0.3) is 15.9 Å². The molecule has 12 heteroatoms. The van der Waals surface area contributed by atoms with Gasteiger partial charge in [-0.3, -0.25) is 14.2 Å². The average molecular weight is 448 g/mol. The summed E-state index contributed by atoms with van der Waals surface area (Å²) in [5, 5.41) is 6.77. The lowest BCUT2D eigenvalue weighted by Gasteiger charge is -2.14. The summed E-state index contributed by atoms with van der Waals surface area (Å²) >= 11 is 1.38. The standard InChI is InChI=1S/C19H15F3N6O2S/c1-10-11(2)31-17-16(10)18(30)27(9-24-17)6-15(29)26-13-5-12(19(20,21)22)3-4-14(13)28-8-23-7-25-28/h3-5,7-9H,6H2,1-2H3,(H,26,29). The Hall–Kier alpha value is -3.54. The molecule has 0 aliphatic carbocycles. The summed E-state index contributed by atoms with van der Waals surface area (Å²) in [5.74, 6) is -0.687. The molecule has 0 aliphatic rings. The fourth-order valence-electron chi connectivity index (χ4n) is 3.07. The molecule has 31 heavy (non-hydrogen) atoms. The topological polar surface area (TPSA) is 94.7 Å². The van der Waals surface area contributed by atoms with E-state index >= 15 is 0 Å². The van der Waals surface area contributed by atoms with Crippen LogP contribution in [0.15, 0.2) is 42.0 Å². The molecule has 0 unspecified atom stereocenters. The van der Waals surface area contributed by atoms with Gasteiger partial charge in [-0.05, 0) is 37.6 Å². The van der Waals surface area contributed by atoms with E-state index in [0.29, 0.717) is 10.2 Å². The van der Waals surface area contributed by atoms with E-state index in [0.717, 1.165) is 27.1 Å². The highest BCUT2D eigenvalue weighted by Gasteiger charge is 2.31. The van der Waals surface area contributed by atoms with E-state index in [1.807, 2.05) is 6.92 Å². The van der Waals surface area contributed by atoms with E-state index in [1.54, 1.807) is 6.92 Å². The van der Waals surface area contributed by atoms with Crippen molar-refractivity contribution in [3.8, 4) is 5.69 Å². The van der Waals surface area contributed by atoms with E-state index in [1.165, 1.54) is 41.1 Å². The zero-order valence-corrected chi connectivity index (χ0v) is 17.1. The van der Waals surface area contributed by atoms with Crippen LogP contribution in [0.4, 0.5) is 18.9 Å². The minimum absolute atomic E-state index is 0.116. The van der Waals surface area contributed by atoms with Crippen LogP contribution in [0.2, 0.25) is 0 Å². The lowest BCUT2D eigenvalue weighted by Crippen LogP contribution is -2.28. The molecule has 1 N–H and O–H groups in total. The Bertz CT molecular complexity index is 1340. The number of hydrogen-bond donors (Lipinski definition) is 1. The normalized spacial score (nSPS) is 11.8. The van der Waals surface area contributed by atoms with Crippen LogP contribution in [-0.2, 0) is 17.5 Å². The van der Waals surface area contributed by atoms with Gasteiger partial charge < -0.3 is 5.32 Å². The third-order valence-electron chi connectivity index (χ3n) is 4.73. The number of alkyl halides is 3. The Labute approximate surface area is 177 Å². The number of nitrogens with one attached hydrogen (secondary N) is 1. The number of carbonyl (C=O) groups is 1. The van der Waals surface area contributed by atoms with Gasteiger partial charge in [-0.15, -0.1) is 11.3 Å². The monoisotopic (exact) mass is 448 g/mol. The van der Waals surface area contributed by atoms with Crippen molar-refractivity contribution in [3.05, 3.63) is 63.5 Å². The van der Waals surface area contributed by atoms with Gasteiger partial charge in [0.1, 0.15) is 24.0 Å². The molecule has 160 valence electrons. The molecule has 4 rings (SSSR count). The third-order valence-corrected chi connectivity index (χ3v) is 5.85. The Morgan fingerprint density at radius 1 is 1.23 bits per heavy atom. The van der Waals surface area contributed by atoms with Crippen molar-refractivity contribution < 1.29 is 18.0 Å². The molecule has 0 radical (unpaired) electrons. The van der Waals surface area contributed by atoms with Gasteiger partial charge in [-0.2, -0.15) is 18.3 Å². The summed E-state index contributed by atoms with van der Waals surface area (Å²) in [5.41, 5.74) is -0.448. The molecule has 4 aromatic rings. The number of fused-ring (bicyclic) bond motifs is 1. The van der Waals surface area contributed by atoms with E-state index in [-0.39, 0.29) is 16.9 Å². The van der Waals surface area contributed by atoms with Crippen LogP contribution in [0.5, 0.6) is 0 Å². The summed E-state index contributed by atoms with van der Waals surface area (Å²) < 4.78 is 41.9. The third kappa shape index (κ3) is 3.93. The quantitative estimate of drug-likeness (QED) is 0.517. The Kier molecular flexibility index (Phi) is 5.09. The summed E-state index contributed by atoms with van der Waals surface area (Å²) in [6, 6.07) is 2.88. The molecule has 0 bridgehead atoms. The summed E-state index contributed by atoms with van der Waals surface area (Å²) in [4.78, 5) is 34.9. The number of rotatable bonds is 4. The van der Waals surface area contributed by atoms with Gasteiger partial charge in [-0.25, -0.2) is 14.6 Å². The van der Waals surface area contributed by atoms with Crippen molar-refractivity contribution in [1.29, 1.82) is 0 Å². The van der Waals surface area contributed by atoms with Crippen molar-refractivity contribution in [2.75, 3.05) is 5.32 Å². The fourth-order valence-corrected chi connectivity index (χ4v) is 4.06. The second-order valence-corrected chi connectivity index (χ2v) is 7.96. The first-order valence-corrected chi connectivity index (χ1v) is 9.78. The second kappa shape index (κ2) is 7.61. The molecule has 0 saturated heterocycles. The van der Waals surface area contributed by atoms with Crippen molar-refractivity contribution in [3.63, 3.8) is 0 Å². The van der Waals surface area contributed by atoms with Crippen LogP contribution in [-0.4, -0.2) is 30.2 Å². The van der Waals surface area contributed by atoms with Crippen molar-refractivity contribution in [2.45, 2.75) is 26.6 Å². The molecule has 0 spiro atoms. The van der Waals surface area contributed by atoms with Gasteiger partial charge in [0.2, 0.25) is 5.91 Å². The van der Waals surface area contributed by atoms with Crippen LogP contribution in [0.3, 0.4) is 0 Å². The van der Waals surface area contributed by atoms with Gasteiger partial charge in [-0.1, -0.05) is 0 Å². The van der Waals surface area contributed by atoms with Crippen LogP contribution in [0.1, 0.15) is 16.0 Å². The van der Waals surface area contributed by atoms with Crippen LogP contribution in [0, 0.1) is 13.8 Å². The molecule has 1 amide bonds. The zero-order valence-electron chi connectivity index (χ0n) is 16.3. The number of aromatic nitrogens is 5. The number of amides is 1. The highest BCUT2D eigenvalue weighted by Crippen LogP contribution is 2.33. The van der Waals surface area contributed by atoms with E-state index in [2.05, 4.69) is 20.4 Å². The van der Waals surface area contributed by atoms with Gasteiger partial charge in [0.05, 0.1) is 28.7 Å². The van der Waals surface area contributed by atoms with Crippen LogP contribution >= 0.6 is 11.3 Å². The Balaban J connectivity index is 1.67. The molecule has 0 saturated carbocycles. The van der Waals surface area contributed by atoms with Crippen molar-refractivity contribution in [1.82, 2.24) is 24.3 Å². The first-order chi connectivity index (χ1) is 14.6. The number of thiophene rings is 1. The smallest absolute Gasteiger partial charge is 0.323 e. The number of aryl methyl sites for hydroxylation is 2. The van der Waals surface area contributed by atoms with Crippen molar-refractivity contribution >= 4 is 33.1 Å². The molecule has 3 heterocycles. The number of nitrogens with zero attached hydrogens (tertiary/aromatic N) is 5. The summed E-state index contributed by atoms with van der Waals surface area (Å²) in [6.07, 6.45) is -0.831. The lowest BCUT2D eigenvalue weighted by molar-refractivity contribution is -0.137. The predicted molar refractivity (Wildman–Crippen MR) is 108 cm³/mol. The molecule has 0 atom stereocenters. The van der Waals surface area contributed by atoms with Crippen molar-refractivity contribution in [2.24, 2.45) is 0 Å². The number of benzene rings is 1. The van der Waals surface area contributed by atoms with E-state index < -0.39 is 24.2 Å². The maximum Gasteiger partial charge on any atom is 0.416 e. The zero-order chi connectivity index (χ0) is 22.3. The molecule has 0 aliphatic heterocycles. The van der Waals surface area contributed by atoms with Gasteiger partial charge in [0, 0.05) is 4.88 Å². The highest BCUT2D eigenvalue weighted by atomic mass is 32.1. The molecular weight excluding hydrogens is 433 g/mol. The molecule has 3 aromatic heterocycles. The Morgan fingerprint density at radius 3 is 2.68 bits per heavy atom. The fraction of sp³-hybridized carbons (Fsp3) is 0.211. The lowest BCUT2D eigenvalue weighted by atomic mass is 10.1. The number of halogens is 3. The van der Waals surface area contributed by atoms with E-state index in [9.17, 15) is 22.8 Å². The van der Waals surface area contributed by atoms with Gasteiger partial charge in [0.15, 0.2) is 0 Å². The minimum atomic E-state index is -4.60. The maximum atomic E-state index is 13.2. The molecule has 0 fully saturated rings. The summed E-state index contributed by atoms with van der Waals surface area (Å²) in [7, 11) is 0. The average Bonchev–Trinajstić information content (AvgIpc) is 3.32. The molecule has 8 nitrogen and oxygen atoms in total. The predicted octanol–water partition coefficient (Wildman–Crippen LogP) is 3.31. The molecular formula is C19H15F3N6O2S. The second-order valence-electron chi connectivity index (χ2n) is 6.76. The first kappa shape index (κ1) is 20.7. The SMILES string of the molecule is Cc1sc2ncn(CC(=O)Nc3cc(C(F)(F)F)ccc3-n3cncn3)c(=O)c2c1C. The van der Waals surface area contributed by atoms with Gasteiger partial charge in [0.25, 0.3) is 5.56 Å². The number of hydrogen-bond acceptors (Lipinski definition) is 6. The first-order valence-electron chi connectivity index (χ1n) is 8.96. The highest BCUT2D eigenvalue weighted by molar-refractivity contribution is 7.18. The summed E-state index contributed by atoms with van der Waals surface area (Å²) in [6.45, 7) is 3.26.